The first-order valence-electron chi connectivity index (χ1n) is 15.9. The topological polar surface area (TPSA) is 90.3 Å². The van der Waals surface area contributed by atoms with E-state index in [0.29, 0.717) is 24.4 Å². The van der Waals surface area contributed by atoms with Crippen molar-refractivity contribution in [3.63, 3.8) is 0 Å². The van der Waals surface area contributed by atoms with E-state index in [-0.39, 0.29) is 0 Å². The zero-order valence-corrected chi connectivity index (χ0v) is 26.2. The lowest BCUT2D eigenvalue weighted by Crippen LogP contribution is -2.51. The van der Waals surface area contributed by atoms with Crippen molar-refractivity contribution in [2.45, 2.75) is 50.7 Å². The maximum absolute atomic E-state index is 6.48. The van der Waals surface area contributed by atoms with E-state index in [1.807, 2.05) is 18.2 Å². The van der Waals surface area contributed by atoms with Crippen molar-refractivity contribution >= 4 is 39.4 Å². The minimum atomic E-state index is 0.299. The average Bonchev–Trinajstić information content (AvgIpc) is 3.65. The molecule has 2 fully saturated rings. The Labute approximate surface area is 263 Å². The molecule has 5 aromatic rings. The summed E-state index contributed by atoms with van der Waals surface area (Å²) < 4.78 is 9.60. The summed E-state index contributed by atoms with van der Waals surface area (Å²) in [5.74, 6) is 0.477. The smallest absolute Gasteiger partial charge is 0.164 e. The van der Waals surface area contributed by atoms with Gasteiger partial charge in [-0.15, -0.1) is 0 Å². The van der Waals surface area contributed by atoms with Crippen LogP contribution in [0.2, 0.25) is 5.02 Å². The van der Waals surface area contributed by atoms with E-state index in [9.17, 15) is 0 Å². The minimum absolute atomic E-state index is 0.299. The van der Waals surface area contributed by atoms with Crippen LogP contribution in [0.5, 0.6) is 0 Å². The van der Waals surface area contributed by atoms with E-state index in [1.54, 1.807) is 13.4 Å². The van der Waals surface area contributed by atoms with Crippen LogP contribution in [0.3, 0.4) is 0 Å². The van der Waals surface area contributed by atoms with Crippen molar-refractivity contribution in [3.8, 4) is 11.3 Å². The lowest BCUT2D eigenvalue weighted by atomic mass is 9.90. The quantitative estimate of drug-likeness (QED) is 0.208. The number of anilines is 1. The molecule has 1 saturated heterocycles. The summed E-state index contributed by atoms with van der Waals surface area (Å²) >= 11 is 6.45. The Bertz CT molecular complexity index is 1730. The Morgan fingerprint density at radius 2 is 1.75 bits per heavy atom. The van der Waals surface area contributed by atoms with Gasteiger partial charge in [0.2, 0.25) is 0 Å². The molecule has 1 saturated carbocycles. The van der Waals surface area contributed by atoms with Crippen LogP contribution in [0.4, 0.5) is 5.82 Å². The van der Waals surface area contributed by atoms with Gasteiger partial charge in [0.1, 0.15) is 17.8 Å². The molecule has 2 aliphatic rings. The number of hydrogen-bond acceptors (Lipinski definition) is 7. The van der Waals surface area contributed by atoms with E-state index in [0.717, 1.165) is 102 Å². The van der Waals surface area contributed by atoms with Gasteiger partial charge in [0, 0.05) is 86.7 Å². The third kappa shape index (κ3) is 5.81. The first-order valence-corrected chi connectivity index (χ1v) is 16.2. The molecule has 0 unspecified atom stereocenters. The summed E-state index contributed by atoms with van der Waals surface area (Å²) in [6.45, 7) is 7.31. The lowest BCUT2D eigenvalue weighted by molar-refractivity contribution is 0.0662. The Morgan fingerprint density at radius 3 is 2.55 bits per heavy atom. The maximum Gasteiger partial charge on any atom is 0.164 e. The van der Waals surface area contributed by atoms with Crippen LogP contribution < -0.4 is 5.73 Å². The standard InChI is InChI=1S/C34H41ClN8O/c1-44-20-4-14-40-16-18-41(19-17-40)27-8-10-28(11-9-27)43-34-31(33(36)37-23-38-34)32(39-43)25-7-12-30-24(21-25)13-15-42(30)22-26-5-2-3-6-29(26)35/h2-3,5-7,12-13,15,21,23,27-28H,4,8-11,14,16-20,22H2,1H3,(H2,36,37,38). The number of nitrogen functional groups attached to an aromatic ring is 1. The predicted molar refractivity (Wildman–Crippen MR) is 177 cm³/mol. The van der Waals surface area contributed by atoms with Crippen LogP contribution in [-0.2, 0) is 11.3 Å². The van der Waals surface area contributed by atoms with Crippen LogP contribution in [0.25, 0.3) is 33.2 Å². The number of nitrogens with zero attached hydrogens (tertiary/aromatic N) is 7. The largest absolute Gasteiger partial charge is 0.385 e. The SMILES string of the molecule is COCCCN1CCN(C2CCC(n3nc(-c4ccc5c(ccn5Cc5ccccc5Cl)c4)c4c(N)ncnc43)CC2)CC1. The monoisotopic (exact) mass is 612 g/mol. The zero-order chi connectivity index (χ0) is 30.0. The van der Waals surface area contributed by atoms with Crippen LogP contribution >= 0.6 is 11.6 Å². The highest BCUT2D eigenvalue weighted by molar-refractivity contribution is 6.31. The van der Waals surface area contributed by atoms with Gasteiger partial charge in [-0.2, -0.15) is 5.10 Å². The fourth-order valence-corrected chi connectivity index (χ4v) is 7.40. The van der Waals surface area contributed by atoms with Crippen molar-refractivity contribution in [1.82, 2.24) is 34.1 Å². The molecule has 9 nitrogen and oxygen atoms in total. The van der Waals surface area contributed by atoms with Gasteiger partial charge in [-0.1, -0.05) is 35.9 Å². The Morgan fingerprint density at radius 1 is 0.955 bits per heavy atom. The summed E-state index contributed by atoms with van der Waals surface area (Å²) in [5, 5.41) is 7.97. The summed E-state index contributed by atoms with van der Waals surface area (Å²) in [6, 6.07) is 17.6. The average molecular weight is 613 g/mol. The Balaban J connectivity index is 1.09. The fourth-order valence-electron chi connectivity index (χ4n) is 7.20. The molecule has 2 aromatic carbocycles. The van der Waals surface area contributed by atoms with Gasteiger partial charge in [-0.25, -0.2) is 14.6 Å². The molecular formula is C34H41ClN8O. The van der Waals surface area contributed by atoms with Gasteiger partial charge < -0.3 is 19.9 Å². The molecule has 0 radical (unpaired) electrons. The van der Waals surface area contributed by atoms with Gasteiger partial charge in [0.25, 0.3) is 0 Å². The van der Waals surface area contributed by atoms with Crippen molar-refractivity contribution < 1.29 is 4.74 Å². The molecule has 0 spiro atoms. The molecule has 7 rings (SSSR count). The number of methoxy groups -OCH3 is 1. The second kappa shape index (κ2) is 12.9. The number of fused-ring (bicyclic) bond motifs is 2. The van der Waals surface area contributed by atoms with Crippen LogP contribution in [0, 0.1) is 0 Å². The van der Waals surface area contributed by atoms with Crippen molar-refractivity contribution in [2.75, 3.05) is 52.2 Å². The highest BCUT2D eigenvalue weighted by Crippen LogP contribution is 2.38. The summed E-state index contributed by atoms with van der Waals surface area (Å²) in [7, 11) is 1.78. The van der Waals surface area contributed by atoms with Gasteiger partial charge in [0.15, 0.2) is 5.65 Å². The highest BCUT2D eigenvalue weighted by Gasteiger charge is 2.31. The third-order valence-electron chi connectivity index (χ3n) is 9.62. The van der Waals surface area contributed by atoms with Crippen molar-refractivity contribution in [3.05, 3.63) is 71.6 Å². The van der Waals surface area contributed by atoms with Crippen LogP contribution in [0.15, 0.2) is 61.1 Å². The molecule has 10 heteroatoms. The molecule has 0 amide bonds. The lowest BCUT2D eigenvalue weighted by Gasteiger charge is -2.42. The normalized spacial score (nSPS) is 20.1. The molecule has 0 atom stereocenters. The maximum atomic E-state index is 6.48. The Hall–Kier alpha value is -3.50. The number of piperazine rings is 1. The van der Waals surface area contributed by atoms with Crippen molar-refractivity contribution in [1.29, 1.82) is 0 Å². The number of ether oxygens (including phenoxy) is 1. The van der Waals surface area contributed by atoms with Gasteiger partial charge >= 0.3 is 0 Å². The first-order chi connectivity index (χ1) is 21.6. The summed E-state index contributed by atoms with van der Waals surface area (Å²) in [6.07, 6.45) is 9.32. The van der Waals surface area contributed by atoms with E-state index < -0.39 is 0 Å². The Kier molecular flexibility index (Phi) is 8.53. The molecule has 1 aliphatic heterocycles. The molecular weight excluding hydrogens is 572 g/mol. The molecule has 3 aromatic heterocycles. The van der Waals surface area contributed by atoms with Crippen LogP contribution in [-0.4, -0.2) is 86.6 Å². The number of nitrogens with two attached hydrogens (primary N) is 1. The first kappa shape index (κ1) is 29.2. The summed E-state index contributed by atoms with van der Waals surface area (Å²) in [4.78, 5) is 14.3. The van der Waals surface area contributed by atoms with Crippen LogP contribution in [0.1, 0.15) is 43.7 Å². The molecule has 230 valence electrons. The van der Waals surface area contributed by atoms with E-state index in [4.69, 9.17) is 32.2 Å². The predicted octanol–water partition coefficient (Wildman–Crippen LogP) is 5.87. The second-order valence-corrected chi connectivity index (χ2v) is 12.7. The van der Waals surface area contributed by atoms with E-state index >= 15 is 0 Å². The van der Waals surface area contributed by atoms with E-state index in [1.165, 1.54) is 12.8 Å². The molecule has 0 bridgehead atoms. The number of benzene rings is 2. The fraction of sp³-hybridized carbons (Fsp3) is 0.441. The van der Waals surface area contributed by atoms with Gasteiger partial charge in [-0.3, -0.25) is 4.90 Å². The minimum Gasteiger partial charge on any atom is -0.385 e. The second-order valence-electron chi connectivity index (χ2n) is 12.2. The molecule has 2 N–H and O–H groups in total. The number of rotatable bonds is 9. The number of hydrogen-bond donors (Lipinski definition) is 1. The molecule has 44 heavy (non-hydrogen) atoms. The third-order valence-corrected chi connectivity index (χ3v) is 9.99. The van der Waals surface area contributed by atoms with Gasteiger partial charge in [-0.05, 0) is 61.9 Å². The zero-order valence-electron chi connectivity index (χ0n) is 25.4. The number of aromatic nitrogens is 5. The number of halogens is 1. The highest BCUT2D eigenvalue weighted by atomic mass is 35.5. The summed E-state index contributed by atoms with van der Waals surface area (Å²) in [5.41, 5.74) is 11.4. The van der Waals surface area contributed by atoms with Crippen molar-refractivity contribution in [2.24, 2.45) is 0 Å². The van der Waals surface area contributed by atoms with Gasteiger partial charge in [0.05, 0.1) is 11.4 Å². The molecule has 1 aliphatic carbocycles. The van der Waals surface area contributed by atoms with E-state index in [2.05, 4.69) is 60.6 Å². The molecule has 4 heterocycles.